The summed E-state index contributed by atoms with van der Waals surface area (Å²) >= 11 is 0. The molecule has 0 aliphatic carbocycles. The lowest BCUT2D eigenvalue weighted by atomic mass is 9.33. The minimum Gasteiger partial charge on any atom is -0.342 e. The average molecular weight is 1030 g/mol. The number of nitrogens with zero attached hydrogens (tertiary/aromatic N) is 4. The molecule has 0 N–H and O–H groups in total. The second-order valence-corrected chi connectivity index (χ2v) is 29.0. The lowest BCUT2D eigenvalue weighted by Gasteiger charge is -2.46. The first kappa shape index (κ1) is 53.0. The highest BCUT2D eigenvalue weighted by atomic mass is 15.2. The van der Waals surface area contributed by atoms with Gasteiger partial charge in [-0.3, -0.25) is 0 Å². The van der Waals surface area contributed by atoms with Gasteiger partial charge in [-0.05, 0) is 161 Å². The number of anilines is 9. The number of benzene rings is 8. The van der Waals surface area contributed by atoms with Gasteiger partial charge in [-0.1, -0.05) is 203 Å². The van der Waals surface area contributed by atoms with E-state index >= 15 is 0 Å². The molecule has 0 spiro atoms. The first-order valence-corrected chi connectivity index (χ1v) is 28.6. The van der Waals surface area contributed by atoms with Gasteiger partial charge in [0.2, 0.25) is 0 Å². The lowest BCUT2D eigenvalue weighted by molar-refractivity contribution is 0.589. The van der Waals surface area contributed by atoms with Crippen molar-refractivity contribution in [2.45, 2.75) is 157 Å². The average Bonchev–Trinajstić information content (AvgIpc) is 3.86. The standard InChI is InChI=1S/C73H83BN4/c1-68(2,3)46-24-32-52(33-25-46)76(53-34-26-47(27-35-53)69(4,5)6)62-41-40-61(65-55-22-20-21-23-58(55)75(19)67(62)65)78-60-39-31-50(72(13,14)15)43-57(60)74-56-42-49(71(10,11)12)30-38-59(56)77(54-36-28-48(29-37-54)70(7,8)9)63-44-51(73(16,17)18)45-64(78)66(63)74/h20-45H,1-19H3. The maximum absolute atomic E-state index is 2.67. The summed E-state index contributed by atoms with van der Waals surface area (Å²) in [7, 11) is 2.27. The van der Waals surface area contributed by atoms with Gasteiger partial charge >= 0.3 is 0 Å². The van der Waals surface area contributed by atoms with Crippen LogP contribution in [0.5, 0.6) is 0 Å². The van der Waals surface area contributed by atoms with E-state index in [0.29, 0.717) is 0 Å². The normalized spacial score (nSPS) is 14.0. The summed E-state index contributed by atoms with van der Waals surface area (Å²) in [6, 6.07) is 61.8. The fourth-order valence-electron chi connectivity index (χ4n) is 12.3. The summed E-state index contributed by atoms with van der Waals surface area (Å²) in [6.45, 7) is 41.9. The van der Waals surface area contributed by atoms with Gasteiger partial charge in [0.05, 0.1) is 16.9 Å². The highest BCUT2D eigenvalue weighted by molar-refractivity contribution is 7.00. The molecule has 398 valence electrons. The van der Waals surface area contributed by atoms with Crippen LogP contribution in [-0.2, 0) is 39.5 Å². The predicted octanol–water partition coefficient (Wildman–Crippen LogP) is 18.7. The SMILES string of the molecule is Cn1c2ccccc2c2c(N3c4ccc(C(C)(C)C)cc4B4c5cc(C(C)(C)C)ccc5N(c5ccc(C(C)(C)C)cc5)c5cc(C(C)(C)C)cc3c54)ccc(N(c3ccc(C(C)(C)C)cc3)c3ccc(C(C)(C)C)cc3)c21. The Bertz CT molecular complexity index is 3740. The largest absolute Gasteiger partial charge is 0.342 e. The number of aryl methyl sites for hydroxylation is 1. The van der Waals surface area contributed by atoms with Crippen molar-refractivity contribution in [2.24, 2.45) is 7.05 Å². The number of aromatic nitrogens is 1. The minimum absolute atomic E-state index is 0.0220. The number of hydrogen-bond acceptors (Lipinski definition) is 3. The first-order valence-electron chi connectivity index (χ1n) is 28.6. The quantitative estimate of drug-likeness (QED) is 0.160. The zero-order chi connectivity index (χ0) is 56.0. The van der Waals surface area contributed by atoms with E-state index in [0.717, 1.165) is 17.1 Å². The highest BCUT2D eigenvalue weighted by Crippen LogP contribution is 2.52. The molecule has 11 rings (SSSR count). The van der Waals surface area contributed by atoms with Crippen molar-refractivity contribution < 1.29 is 0 Å². The molecule has 1 aromatic heterocycles. The third-order valence-electron chi connectivity index (χ3n) is 17.1. The summed E-state index contributed by atoms with van der Waals surface area (Å²) in [6.07, 6.45) is 0. The van der Waals surface area contributed by atoms with E-state index in [1.165, 1.54) is 106 Å². The predicted molar refractivity (Wildman–Crippen MR) is 341 cm³/mol. The molecule has 4 nitrogen and oxygen atoms in total. The van der Waals surface area contributed by atoms with E-state index in [1.807, 2.05) is 0 Å². The van der Waals surface area contributed by atoms with E-state index in [4.69, 9.17) is 0 Å². The molecule has 78 heavy (non-hydrogen) atoms. The smallest absolute Gasteiger partial charge is 0.252 e. The maximum atomic E-state index is 2.67. The molecule has 0 saturated carbocycles. The van der Waals surface area contributed by atoms with Gasteiger partial charge in [0, 0.05) is 63.1 Å². The van der Waals surface area contributed by atoms with Crippen molar-refractivity contribution in [2.75, 3.05) is 14.7 Å². The molecule has 0 amide bonds. The van der Waals surface area contributed by atoms with E-state index < -0.39 is 0 Å². The van der Waals surface area contributed by atoms with Crippen LogP contribution in [-0.4, -0.2) is 11.3 Å². The van der Waals surface area contributed by atoms with Crippen LogP contribution >= 0.6 is 0 Å². The fraction of sp³-hybridized carbons (Fsp3) is 0.342. The van der Waals surface area contributed by atoms with E-state index in [-0.39, 0.29) is 39.2 Å². The van der Waals surface area contributed by atoms with Gasteiger partial charge < -0.3 is 19.3 Å². The molecule has 3 heterocycles. The molecule has 0 radical (unpaired) electrons. The van der Waals surface area contributed by atoms with Crippen molar-refractivity contribution >= 4 is 96.1 Å². The Labute approximate surface area is 468 Å². The van der Waals surface area contributed by atoms with E-state index in [2.05, 4.69) is 309 Å². The van der Waals surface area contributed by atoms with Gasteiger partial charge in [-0.15, -0.1) is 0 Å². The van der Waals surface area contributed by atoms with Crippen molar-refractivity contribution in [3.05, 3.63) is 191 Å². The molecule has 2 aliphatic rings. The van der Waals surface area contributed by atoms with Crippen LogP contribution in [0.1, 0.15) is 158 Å². The van der Waals surface area contributed by atoms with Crippen LogP contribution in [0, 0.1) is 0 Å². The van der Waals surface area contributed by atoms with E-state index in [9.17, 15) is 0 Å². The first-order chi connectivity index (χ1) is 36.4. The van der Waals surface area contributed by atoms with Crippen LogP contribution < -0.4 is 31.1 Å². The van der Waals surface area contributed by atoms with Gasteiger partial charge in [0.1, 0.15) is 0 Å². The topological polar surface area (TPSA) is 14.7 Å². The maximum Gasteiger partial charge on any atom is 0.252 e. The molecule has 0 unspecified atom stereocenters. The van der Waals surface area contributed by atoms with Crippen molar-refractivity contribution in [1.29, 1.82) is 0 Å². The number of hydrogen-bond donors (Lipinski definition) is 0. The summed E-state index contributed by atoms with van der Waals surface area (Å²) in [5.74, 6) is 0. The Kier molecular flexibility index (Phi) is 12.3. The molecule has 9 aromatic rings. The Hall–Kier alpha value is -6.98. The van der Waals surface area contributed by atoms with Crippen LogP contribution in [0.3, 0.4) is 0 Å². The third kappa shape index (κ3) is 8.94. The molecular weight excluding hydrogens is 944 g/mol. The van der Waals surface area contributed by atoms with Crippen LogP contribution in [0.15, 0.2) is 158 Å². The molecule has 0 fully saturated rings. The lowest BCUT2D eigenvalue weighted by Crippen LogP contribution is -2.61. The van der Waals surface area contributed by atoms with Crippen molar-refractivity contribution in [3.8, 4) is 0 Å². The second-order valence-electron chi connectivity index (χ2n) is 29.0. The zero-order valence-corrected chi connectivity index (χ0v) is 50.4. The zero-order valence-electron chi connectivity index (χ0n) is 50.4. The minimum atomic E-state index is -0.161. The Morgan fingerprint density at radius 2 is 0.756 bits per heavy atom. The Morgan fingerprint density at radius 3 is 1.22 bits per heavy atom. The van der Waals surface area contributed by atoms with Crippen LogP contribution in [0.2, 0.25) is 0 Å². The second kappa shape index (κ2) is 18.0. The van der Waals surface area contributed by atoms with Gasteiger partial charge in [-0.25, -0.2) is 0 Å². The molecule has 5 heteroatoms. The highest BCUT2D eigenvalue weighted by Gasteiger charge is 2.45. The molecule has 8 aromatic carbocycles. The van der Waals surface area contributed by atoms with Gasteiger partial charge in [0.25, 0.3) is 6.71 Å². The van der Waals surface area contributed by atoms with Gasteiger partial charge in [0.15, 0.2) is 0 Å². The summed E-state index contributed by atoms with van der Waals surface area (Å²) in [5, 5.41) is 2.46. The summed E-state index contributed by atoms with van der Waals surface area (Å²) < 4.78 is 2.45. The number of fused-ring (bicyclic) bond motifs is 7. The van der Waals surface area contributed by atoms with Gasteiger partial charge in [-0.2, -0.15) is 0 Å². The fourth-order valence-corrected chi connectivity index (χ4v) is 12.3. The third-order valence-corrected chi connectivity index (χ3v) is 17.1. The monoisotopic (exact) mass is 1030 g/mol. The van der Waals surface area contributed by atoms with Crippen LogP contribution in [0.25, 0.3) is 21.8 Å². The van der Waals surface area contributed by atoms with E-state index in [1.54, 1.807) is 0 Å². The Balaban J connectivity index is 1.26. The molecule has 0 atom stereocenters. The summed E-state index contributed by atoms with van der Waals surface area (Å²) in [5.41, 5.74) is 24.8. The molecule has 2 aliphatic heterocycles. The van der Waals surface area contributed by atoms with Crippen molar-refractivity contribution in [3.63, 3.8) is 0 Å². The van der Waals surface area contributed by atoms with Crippen molar-refractivity contribution in [1.82, 2.24) is 4.57 Å². The molecular formula is C73H83BN4. The molecule has 0 bridgehead atoms. The Morgan fingerprint density at radius 1 is 0.359 bits per heavy atom. The molecule has 0 saturated heterocycles. The number of para-hydroxylation sites is 1. The summed E-state index contributed by atoms with van der Waals surface area (Å²) in [4.78, 5) is 7.76. The number of rotatable bonds is 5. The van der Waals surface area contributed by atoms with Crippen LogP contribution in [0.4, 0.5) is 51.2 Å².